The molecule has 4 N–H and O–H groups in total. The van der Waals surface area contributed by atoms with Crippen LogP contribution in [0.25, 0.3) is 0 Å². The summed E-state index contributed by atoms with van der Waals surface area (Å²) in [5.74, 6) is 5.71. The van der Waals surface area contributed by atoms with Gasteiger partial charge in [0.05, 0.1) is 12.2 Å². The molecule has 12 heavy (non-hydrogen) atoms. The van der Waals surface area contributed by atoms with Crippen LogP contribution in [0.5, 0.6) is 0 Å². The van der Waals surface area contributed by atoms with E-state index in [-0.39, 0.29) is 0 Å². The van der Waals surface area contributed by atoms with Crippen LogP contribution < -0.4 is 16.6 Å². The lowest BCUT2D eigenvalue weighted by molar-refractivity contribution is 0.938. The Morgan fingerprint density at radius 3 is 2.50 bits per heavy atom. The van der Waals surface area contributed by atoms with Crippen LogP contribution in [0.3, 0.4) is 0 Å². The predicted molar refractivity (Wildman–Crippen MR) is 51.3 cm³/mol. The molecular weight excluding hydrogens is 150 g/mol. The third-order valence-corrected chi connectivity index (χ3v) is 1.53. The SMILES string of the molecule is NC=CCN(N)c1ccccc1. The van der Waals surface area contributed by atoms with Crippen LogP contribution in [-0.4, -0.2) is 6.54 Å². The van der Waals surface area contributed by atoms with Crippen LogP contribution >= 0.6 is 0 Å². The molecule has 0 aliphatic heterocycles. The molecule has 1 aromatic rings. The molecule has 0 fully saturated rings. The van der Waals surface area contributed by atoms with E-state index in [9.17, 15) is 0 Å². The van der Waals surface area contributed by atoms with Crippen LogP contribution in [-0.2, 0) is 0 Å². The number of para-hydroxylation sites is 1. The highest BCUT2D eigenvalue weighted by Gasteiger charge is 1.95. The molecule has 0 atom stereocenters. The molecule has 0 saturated carbocycles. The zero-order valence-corrected chi connectivity index (χ0v) is 6.85. The van der Waals surface area contributed by atoms with Gasteiger partial charge in [0, 0.05) is 0 Å². The lowest BCUT2D eigenvalue weighted by Gasteiger charge is -2.15. The van der Waals surface area contributed by atoms with Gasteiger partial charge in [0.15, 0.2) is 0 Å². The minimum absolute atomic E-state index is 0.626. The van der Waals surface area contributed by atoms with Gasteiger partial charge in [0.25, 0.3) is 0 Å². The molecule has 0 amide bonds. The van der Waals surface area contributed by atoms with Crippen molar-refractivity contribution in [2.75, 3.05) is 11.6 Å². The fourth-order valence-electron chi connectivity index (χ4n) is 0.899. The van der Waals surface area contributed by atoms with Crippen molar-refractivity contribution in [2.24, 2.45) is 11.6 Å². The van der Waals surface area contributed by atoms with Crippen molar-refractivity contribution in [3.05, 3.63) is 42.6 Å². The Morgan fingerprint density at radius 2 is 1.92 bits per heavy atom. The van der Waals surface area contributed by atoms with E-state index >= 15 is 0 Å². The summed E-state index contributed by atoms with van der Waals surface area (Å²) >= 11 is 0. The molecule has 0 radical (unpaired) electrons. The third-order valence-electron chi connectivity index (χ3n) is 1.53. The Morgan fingerprint density at radius 1 is 1.25 bits per heavy atom. The molecule has 0 aliphatic rings. The van der Waals surface area contributed by atoms with Gasteiger partial charge in [0.2, 0.25) is 0 Å². The largest absolute Gasteiger partial charge is 0.405 e. The highest BCUT2D eigenvalue weighted by molar-refractivity contribution is 5.44. The summed E-state index contributed by atoms with van der Waals surface area (Å²) in [4.78, 5) is 0. The van der Waals surface area contributed by atoms with Crippen molar-refractivity contribution in [1.82, 2.24) is 0 Å². The van der Waals surface area contributed by atoms with E-state index in [1.54, 1.807) is 11.1 Å². The van der Waals surface area contributed by atoms with Crippen molar-refractivity contribution in [2.45, 2.75) is 0 Å². The molecular formula is C9H13N3. The quantitative estimate of drug-likeness (QED) is 0.513. The van der Waals surface area contributed by atoms with E-state index in [1.807, 2.05) is 30.3 Å². The topological polar surface area (TPSA) is 55.3 Å². The summed E-state index contributed by atoms with van der Waals surface area (Å²) in [5, 5.41) is 1.63. The summed E-state index contributed by atoms with van der Waals surface area (Å²) < 4.78 is 0. The van der Waals surface area contributed by atoms with Gasteiger partial charge in [-0.05, 0) is 24.4 Å². The number of hydrogen-bond acceptors (Lipinski definition) is 3. The first-order valence-electron chi connectivity index (χ1n) is 3.78. The lowest BCUT2D eigenvalue weighted by atomic mass is 10.3. The van der Waals surface area contributed by atoms with E-state index in [0.29, 0.717) is 6.54 Å². The Hall–Kier alpha value is -1.48. The van der Waals surface area contributed by atoms with Gasteiger partial charge < -0.3 is 10.7 Å². The molecule has 0 aliphatic carbocycles. The van der Waals surface area contributed by atoms with Crippen LogP contribution in [0, 0.1) is 0 Å². The summed E-state index contributed by atoms with van der Waals surface area (Å²) in [6.45, 7) is 0.626. The average Bonchev–Trinajstić information content (AvgIpc) is 2.15. The molecule has 0 spiro atoms. The van der Waals surface area contributed by atoms with Crippen LogP contribution in [0.2, 0.25) is 0 Å². The standard InChI is InChI=1S/C9H13N3/c10-7-4-8-12(11)9-5-2-1-3-6-9/h1-7H,8,10-11H2. The third kappa shape index (κ3) is 2.29. The van der Waals surface area contributed by atoms with Gasteiger partial charge in [0.1, 0.15) is 0 Å². The van der Waals surface area contributed by atoms with Crippen LogP contribution in [0.4, 0.5) is 5.69 Å². The maximum atomic E-state index is 5.71. The van der Waals surface area contributed by atoms with Crippen molar-refractivity contribution >= 4 is 5.69 Å². The first-order chi connectivity index (χ1) is 5.84. The minimum Gasteiger partial charge on any atom is -0.405 e. The van der Waals surface area contributed by atoms with Crippen molar-refractivity contribution < 1.29 is 0 Å². The molecule has 0 unspecified atom stereocenters. The van der Waals surface area contributed by atoms with Crippen molar-refractivity contribution in [1.29, 1.82) is 0 Å². The van der Waals surface area contributed by atoms with Gasteiger partial charge >= 0.3 is 0 Å². The van der Waals surface area contributed by atoms with E-state index in [0.717, 1.165) is 5.69 Å². The second-order valence-corrected chi connectivity index (χ2v) is 2.42. The molecule has 0 bridgehead atoms. The number of hydrazine groups is 1. The molecule has 0 aromatic heterocycles. The second-order valence-electron chi connectivity index (χ2n) is 2.42. The summed E-state index contributed by atoms with van der Waals surface area (Å²) in [7, 11) is 0. The van der Waals surface area contributed by atoms with E-state index in [2.05, 4.69) is 0 Å². The Labute approximate surface area is 72.2 Å². The molecule has 3 heteroatoms. The summed E-state index contributed by atoms with van der Waals surface area (Å²) in [5.41, 5.74) is 6.17. The smallest absolute Gasteiger partial charge is 0.0539 e. The maximum Gasteiger partial charge on any atom is 0.0539 e. The molecule has 1 rings (SSSR count). The van der Waals surface area contributed by atoms with Gasteiger partial charge in [-0.2, -0.15) is 0 Å². The summed E-state index contributed by atoms with van der Waals surface area (Å²) in [6, 6.07) is 9.74. The minimum atomic E-state index is 0.626. The second kappa shape index (κ2) is 4.41. The number of benzene rings is 1. The Kier molecular flexibility index (Phi) is 3.17. The number of nitrogens with zero attached hydrogens (tertiary/aromatic N) is 1. The fraction of sp³-hybridized carbons (Fsp3) is 0.111. The first kappa shape index (κ1) is 8.62. The molecule has 3 nitrogen and oxygen atoms in total. The molecule has 64 valence electrons. The van der Waals surface area contributed by atoms with Crippen LogP contribution in [0.15, 0.2) is 42.6 Å². The fourth-order valence-corrected chi connectivity index (χ4v) is 0.899. The molecule has 1 aromatic carbocycles. The Bertz CT molecular complexity index is 243. The zero-order chi connectivity index (χ0) is 8.81. The zero-order valence-electron chi connectivity index (χ0n) is 6.85. The average molecular weight is 163 g/mol. The predicted octanol–water partition coefficient (Wildman–Crippen LogP) is 0.839. The van der Waals surface area contributed by atoms with Gasteiger partial charge in [-0.1, -0.05) is 18.2 Å². The number of nitrogens with two attached hydrogens (primary N) is 2. The number of anilines is 1. The van der Waals surface area contributed by atoms with E-state index in [1.165, 1.54) is 6.20 Å². The lowest BCUT2D eigenvalue weighted by Crippen LogP contribution is -2.30. The molecule has 0 heterocycles. The first-order valence-corrected chi connectivity index (χ1v) is 3.78. The van der Waals surface area contributed by atoms with Gasteiger partial charge in [-0.3, -0.25) is 0 Å². The van der Waals surface area contributed by atoms with Crippen LogP contribution in [0.1, 0.15) is 0 Å². The van der Waals surface area contributed by atoms with Crippen molar-refractivity contribution in [3.63, 3.8) is 0 Å². The van der Waals surface area contributed by atoms with E-state index in [4.69, 9.17) is 11.6 Å². The summed E-state index contributed by atoms with van der Waals surface area (Å²) in [6.07, 6.45) is 3.29. The normalized spacial score (nSPS) is 10.4. The van der Waals surface area contributed by atoms with Gasteiger partial charge in [-0.25, -0.2) is 5.84 Å². The highest BCUT2D eigenvalue weighted by atomic mass is 15.4. The highest BCUT2D eigenvalue weighted by Crippen LogP contribution is 2.08. The Balaban J connectivity index is 2.59. The van der Waals surface area contributed by atoms with E-state index < -0.39 is 0 Å². The van der Waals surface area contributed by atoms with Crippen molar-refractivity contribution in [3.8, 4) is 0 Å². The number of rotatable bonds is 3. The number of hydrogen-bond donors (Lipinski definition) is 2. The maximum absolute atomic E-state index is 5.71. The monoisotopic (exact) mass is 163 g/mol. The molecule has 0 saturated heterocycles. The van der Waals surface area contributed by atoms with Gasteiger partial charge in [-0.15, -0.1) is 0 Å².